The number of aromatic nitrogens is 2. The molecule has 1 aromatic carbocycles. The average Bonchev–Trinajstić information content (AvgIpc) is 3.05. The summed E-state index contributed by atoms with van der Waals surface area (Å²) in [7, 11) is 3.39. The summed E-state index contributed by atoms with van der Waals surface area (Å²) in [4.78, 5) is 14.5. The molecule has 0 saturated carbocycles. The van der Waals surface area contributed by atoms with Crippen LogP contribution in [0.2, 0.25) is 0 Å². The minimum atomic E-state index is -0.461. The molecule has 0 bridgehead atoms. The van der Waals surface area contributed by atoms with E-state index in [0.29, 0.717) is 43.4 Å². The lowest BCUT2D eigenvalue weighted by molar-refractivity contribution is -0.120. The van der Waals surface area contributed by atoms with E-state index < -0.39 is 11.9 Å². The van der Waals surface area contributed by atoms with Crippen molar-refractivity contribution in [3.8, 4) is 5.75 Å². The molecule has 26 heavy (non-hydrogen) atoms. The van der Waals surface area contributed by atoms with Gasteiger partial charge in [0.25, 0.3) is 5.91 Å². The second kappa shape index (κ2) is 8.18. The van der Waals surface area contributed by atoms with Gasteiger partial charge >= 0.3 is 0 Å². The van der Waals surface area contributed by atoms with Gasteiger partial charge in [0.1, 0.15) is 24.2 Å². The number of methoxy groups -OCH3 is 1. The van der Waals surface area contributed by atoms with Crippen molar-refractivity contribution < 1.29 is 18.7 Å². The van der Waals surface area contributed by atoms with Crippen LogP contribution >= 0.6 is 0 Å². The predicted molar refractivity (Wildman–Crippen MR) is 96.0 cm³/mol. The van der Waals surface area contributed by atoms with Gasteiger partial charge in [-0.1, -0.05) is 0 Å². The third-order valence-electron chi connectivity index (χ3n) is 4.23. The van der Waals surface area contributed by atoms with Crippen LogP contribution in [0, 0.1) is 5.82 Å². The number of hydrogen-bond donors (Lipinski definition) is 1. The number of halogens is 1. The van der Waals surface area contributed by atoms with E-state index in [0.717, 1.165) is 6.42 Å². The van der Waals surface area contributed by atoms with E-state index >= 15 is 0 Å². The van der Waals surface area contributed by atoms with Gasteiger partial charge in [0, 0.05) is 39.0 Å². The molecule has 1 aromatic heterocycles. The van der Waals surface area contributed by atoms with Gasteiger partial charge < -0.3 is 14.8 Å². The highest BCUT2D eigenvalue weighted by molar-refractivity contribution is 5.98. The Hall–Kier alpha value is -2.61. The van der Waals surface area contributed by atoms with Crippen LogP contribution in [0.25, 0.3) is 0 Å². The number of nitrogens with zero attached hydrogens (tertiary/aromatic N) is 3. The van der Waals surface area contributed by atoms with Crippen LogP contribution in [0.5, 0.6) is 5.75 Å². The molecule has 1 aliphatic heterocycles. The number of rotatable bonds is 7. The molecule has 0 spiro atoms. The van der Waals surface area contributed by atoms with Crippen molar-refractivity contribution in [3.63, 3.8) is 0 Å². The van der Waals surface area contributed by atoms with Gasteiger partial charge in [-0.05, 0) is 25.0 Å². The van der Waals surface area contributed by atoms with E-state index in [1.807, 2.05) is 13.1 Å². The lowest BCUT2D eigenvalue weighted by Gasteiger charge is -2.32. The SMILES string of the molecule is COCCOc1ccc(F)cc1N[C@@H]1CCCN(c2ccn(C)n2)C1=O. The zero-order chi connectivity index (χ0) is 18.5. The minimum Gasteiger partial charge on any atom is -0.489 e. The van der Waals surface area contributed by atoms with Crippen LogP contribution < -0.4 is 15.0 Å². The molecular formula is C18H23FN4O3. The molecule has 0 radical (unpaired) electrons. The van der Waals surface area contributed by atoms with Crippen LogP contribution in [0.4, 0.5) is 15.9 Å². The van der Waals surface area contributed by atoms with E-state index in [9.17, 15) is 9.18 Å². The number of ether oxygens (including phenoxy) is 2. The van der Waals surface area contributed by atoms with Crippen molar-refractivity contribution in [2.45, 2.75) is 18.9 Å². The Morgan fingerprint density at radius 1 is 1.35 bits per heavy atom. The number of nitrogens with one attached hydrogen (secondary N) is 1. The average molecular weight is 362 g/mol. The third-order valence-corrected chi connectivity index (χ3v) is 4.23. The quantitative estimate of drug-likeness (QED) is 0.765. The monoisotopic (exact) mass is 362 g/mol. The van der Waals surface area contributed by atoms with Gasteiger partial charge in [-0.15, -0.1) is 0 Å². The number of piperidine rings is 1. The maximum absolute atomic E-state index is 13.7. The fraction of sp³-hybridized carbons (Fsp3) is 0.444. The maximum Gasteiger partial charge on any atom is 0.250 e. The summed E-state index contributed by atoms with van der Waals surface area (Å²) < 4.78 is 26.0. The molecule has 0 unspecified atom stereocenters. The fourth-order valence-corrected chi connectivity index (χ4v) is 2.95. The number of anilines is 2. The molecule has 1 aliphatic rings. The lowest BCUT2D eigenvalue weighted by atomic mass is 10.0. The predicted octanol–water partition coefficient (Wildman–Crippen LogP) is 2.19. The number of aryl methyl sites for hydroxylation is 1. The molecular weight excluding hydrogens is 339 g/mol. The summed E-state index contributed by atoms with van der Waals surface area (Å²) in [5.74, 6) is 0.643. The van der Waals surface area contributed by atoms with Crippen molar-refractivity contribution >= 4 is 17.4 Å². The summed E-state index contributed by atoms with van der Waals surface area (Å²) in [5, 5.41) is 7.45. The Kier molecular flexibility index (Phi) is 5.72. The van der Waals surface area contributed by atoms with Gasteiger partial charge in [0.15, 0.2) is 5.82 Å². The molecule has 2 heterocycles. The van der Waals surface area contributed by atoms with Gasteiger partial charge in [0.05, 0.1) is 12.3 Å². The molecule has 1 fully saturated rings. The van der Waals surface area contributed by atoms with Crippen LogP contribution in [0.3, 0.4) is 0 Å². The lowest BCUT2D eigenvalue weighted by Crippen LogP contribution is -2.48. The van der Waals surface area contributed by atoms with E-state index in [1.54, 1.807) is 29.0 Å². The topological polar surface area (TPSA) is 68.6 Å². The first-order valence-corrected chi connectivity index (χ1v) is 8.57. The van der Waals surface area contributed by atoms with Gasteiger partial charge in [0.2, 0.25) is 0 Å². The molecule has 8 heteroatoms. The van der Waals surface area contributed by atoms with E-state index in [1.165, 1.54) is 12.1 Å². The van der Waals surface area contributed by atoms with Crippen LogP contribution in [0.15, 0.2) is 30.5 Å². The molecule has 1 saturated heterocycles. The molecule has 1 atom stereocenters. The van der Waals surface area contributed by atoms with Crippen molar-refractivity contribution in [2.75, 3.05) is 37.1 Å². The van der Waals surface area contributed by atoms with Crippen molar-refractivity contribution in [2.24, 2.45) is 7.05 Å². The molecule has 3 rings (SSSR count). The highest BCUT2D eigenvalue weighted by atomic mass is 19.1. The maximum atomic E-state index is 13.7. The smallest absolute Gasteiger partial charge is 0.250 e. The Bertz CT molecular complexity index is 765. The van der Waals surface area contributed by atoms with Crippen LogP contribution in [0.1, 0.15) is 12.8 Å². The van der Waals surface area contributed by atoms with Crippen LogP contribution in [-0.2, 0) is 16.6 Å². The molecule has 1 amide bonds. The Morgan fingerprint density at radius 2 is 2.19 bits per heavy atom. The Morgan fingerprint density at radius 3 is 2.92 bits per heavy atom. The minimum absolute atomic E-state index is 0.0814. The van der Waals surface area contributed by atoms with E-state index in [4.69, 9.17) is 9.47 Å². The largest absolute Gasteiger partial charge is 0.489 e. The standard InChI is InChI=1S/C18H23FN4O3/c1-22-9-7-17(21-22)23-8-3-4-14(18(23)24)20-15-12-13(19)5-6-16(15)26-11-10-25-2/h5-7,9,12,14,20H,3-4,8,10-11H2,1-2H3/t14-/m1/s1. The highest BCUT2D eigenvalue weighted by Gasteiger charge is 2.31. The first-order chi connectivity index (χ1) is 12.6. The second-order valence-electron chi connectivity index (χ2n) is 6.16. The summed E-state index contributed by atoms with van der Waals surface area (Å²) in [5.41, 5.74) is 0.460. The molecule has 7 nitrogen and oxygen atoms in total. The zero-order valence-electron chi connectivity index (χ0n) is 14.9. The summed E-state index contributed by atoms with van der Waals surface area (Å²) >= 11 is 0. The van der Waals surface area contributed by atoms with Crippen molar-refractivity contribution in [3.05, 3.63) is 36.3 Å². The Labute approximate surface area is 151 Å². The number of hydrogen-bond acceptors (Lipinski definition) is 5. The van der Waals surface area contributed by atoms with Crippen LogP contribution in [-0.4, -0.2) is 48.6 Å². The Balaban J connectivity index is 1.75. The highest BCUT2D eigenvalue weighted by Crippen LogP contribution is 2.29. The first kappa shape index (κ1) is 18.2. The number of carbonyl (C=O) groups is 1. The summed E-state index contributed by atoms with van der Waals surface area (Å²) in [6, 6.07) is 5.57. The van der Waals surface area contributed by atoms with Crippen molar-refractivity contribution in [1.29, 1.82) is 0 Å². The normalized spacial score (nSPS) is 17.4. The van der Waals surface area contributed by atoms with Gasteiger partial charge in [-0.3, -0.25) is 14.4 Å². The molecule has 140 valence electrons. The molecule has 2 aromatic rings. The van der Waals surface area contributed by atoms with Crippen molar-refractivity contribution in [1.82, 2.24) is 9.78 Å². The number of carbonyl (C=O) groups excluding carboxylic acids is 1. The van der Waals surface area contributed by atoms with Gasteiger partial charge in [-0.25, -0.2) is 4.39 Å². The van der Waals surface area contributed by atoms with E-state index in [-0.39, 0.29) is 5.91 Å². The molecule has 0 aliphatic carbocycles. The zero-order valence-corrected chi connectivity index (χ0v) is 14.9. The number of benzene rings is 1. The first-order valence-electron chi connectivity index (χ1n) is 8.57. The fourth-order valence-electron chi connectivity index (χ4n) is 2.95. The summed E-state index contributed by atoms with van der Waals surface area (Å²) in [6.07, 6.45) is 3.29. The molecule has 1 N–H and O–H groups in total. The van der Waals surface area contributed by atoms with Gasteiger partial charge in [-0.2, -0.15) is 5.10 Å². The second-order valence-corrected chi connectivity index (χ2v) is 6.16. The third kappa shape index (κ3) is 4.13. The number of amides is 1. The van der Waals surface area contributed by atoms with E-state index in [2.05, 4.69) is 10.4 Å². The summed E-state index contributed by atoms with van der Waals surface area (Å²) in [6.45, 7) is 1.39.